The van der Waals surface area contributed by atoms with E-state index in [-0.39, 0.29) is 5.91 Å². The highest BCUT2D eigenvalue weighted by Gasteiger charge is 2.10. The summed E-state index contributed by atoms with van der Waals surface area (Å²) in [6, 6.07) is 7.99. The highest BCUT2D eigenvalue weighted by Crippen LogP contribution is 2.17. The molecule has 136 valence electrons. The zero-order chi connectivity index (χ0) is 18.5. The number of aromatic nitrogens is 4. The van der Waals surface area contributed by atoms with Gasteiger partial charge in [0.25, 0.3) is 0 Å². The molecule has 1 amide bonds. The molecule has 1 aromatic carbocycles. The first-order valence-electron chi connectivity index (χ1n) is 8.63. The molecule has 0 aliphatic carbocycles. The number of imidazole rings is 1. The lowest BCUT2D eigenvalue weighted by atomic mass is 10.1. The molecule has 0 aliphatic rings. The Labute approximate surface area is 157 Å². The van der Waals surface area contributed by atoms with Gasteiger partial charge in [0.2, 0.25) is 5.91 Å². The van der Waals surface area contributed by atoms with Crippen molar-refractivity contribution in [2.75, 3.05) is 12.8 Å². The van der Waals surface area contributed by atoms with E-state index in [1.807, 2.05) is 50.7 Å². The predicted octanol–water partition coefficient (Wildman–Crippen LogP) is 2.91. The lowest BCUT2D eigenvalue weighted by Crippen LogP contribution is -2.27. The number of rotatable bonds is 7. The minimum Gasteiger partial charge on any atom is -0.354 e. The Morgan fingerprint density at radius 2 is 1.92 bits per heavy atom. The first kappa shape index (κ1) is 18.4. The lowest BCUT2D eigenvalue weighted by molar-refractivity contribution is -0.121. The average molecular weight is 369 g/mol. The van der Waals surface area contributed by atoms with Crippen LogP contribution in [0.15, 0.2) is 35.7 Å². The number of carbonyl (C=O) groups excluding carboxylic acids is 1. The van der Waals surface area contributed by atoms with E-state index < -0.39 is 0 Å². The summed E-state index contributed by atoms with van der Waals surface area (Å²) in [6.45, 7) is 5.24. The van der Waals surface area contributed by atoms with Crippen LogP contribution in [-0.2, 0) is 17.8 Å². The second-order valence-electron chi connectivity index (χ2n) is 6.14. The van der Waals surface area contributed by atoms with E-state index in [0.29, 0.717) is 25.9 Å². The summed E-state index contributed by atoms with van der Waals surface area (Å²) in [5.74, 6) is 0.0437. The van der Waals surface area contributed by atoms with Gasteiger partial charge in [-0.3, -0.25) is 4.79 Å². The van der Waals surface area contributed by atoms with Gasteiger partial charge in [-0.25, -0.2) is 15.0 Å². The maximum absolute atomic E-state index is 12.2. The summed E-state index contributed by atoms with van der Waals surface area (Å²) in [7, 11) is 0. The van der Waals surface area contributed by atoms with Crippen molar-refractivity contribution in [3.05, 3.63) is 47.5 Å². The van der Waals surface area contributed by atoms with Crippen molar-refractivity contribution < 1.29 is 4.79 Å². The SMILES string of the molecule is CSc1nc(C)c(CCC(=O)NCCn2cnc3ccccc32)c(C)n1. The molecule has 0 atom stereocenters. The van der Waals surface area contributed by atoms with Gasteiger partial charge >= 0.3 is 0 Å². The number of amides is 1. The third-order valence-corrected chi connectivity index (χ3v) is 4.93. The van der Waals surface area contributed by atoms with E-state index in [4.69, 9.17) is 0 Å². The Kier molecular flexibility index (Phi) is 5.88. The number of carbonyl (C=O) groups is 1. The molecule has 0 radical (unpaired) electrons. The number of aryl methyl sites for hydroxylation is 2. The molecule has 2 aromatic heterocycles. The Hall–Kier alpha value is -2.41. The fraction of sp³-hybridized carbons (Fsp3) is 0.368. The van der Waals surface area contributed by atoms with E-state index in [2.05, 4.69) is 24.8 Å². The van der Waals surface area contributed by atoms with E-state index in [9.17, 15) is 4.79 Å². The molecule has 26 heavy (non-hydrogen) atoms. The van der Waals surface area contributed by atoms with E-state index in [1.165, 1.54) is 11.8 Å². The number of nitrogens with zero attached hydrogens (tertiary/aromatic N) is 4. The molecule has 3 aromatic rings. The third kappa shape index (κ3) is 4.22. The first-order valence-corrected chi connectivity index (χ1v) is 9.85. The number of hydrogen-bond acceptors (Lipinski definition) is 5. The fourth-order valence-electron chi connectivity index (χ4n) is 2.99. The zero-order valence-electron chi connectivity index (χ0n) is 15.3. The molecule has 6 nitrogen and oxygen atoms in total. The number of benzene rings is 1. The molecular formula is C19H23N5OS. The summed E-state index contributed by atoms with van der Waals surface area (Å²) in [5.41, 5.74) is 5.04. The minimum atomic E-state index is 0.0437. The van der Waals surface area contributed by atoms with Crippen LogP contribution in [0.5, 0.6) is 0 Å². The van der Waals surface area contributed by atoms with Crippen molar-refractivity contribution in [3.8, 4) is 0 Å². The van der Waals surface area contributed by atoms with Gasteiger partial charge in [-0.2, -0.15) is 0 Å². The van der Waals surface area contributed by atoms with E-state index >= 15 is 0 Å². The summed E-state index contributed by atoms with van der Waals surface area (Å²) >= 11 is 1.53. The van der Waals surface area contributed by atoms with Gasteiger partial charge in [-0.15, -0.1) is 0 Å². The molecule has 0 saturated heterocycles. The van der Waals surface area contributed by atoms with Crippen LogP contribution in [0.2, 0.25) is 0 Å². The highest BCUT2D eigenvalue weighted by atomic mass is 32.2. The van der Waals surface area contributed by atoms with Crippen LogP contribution in [0.3, 0.4) is 0 Å². The highest BCUT2D eigenvalue weighted by molar-refractivity contribution is 7.98. The summed E-state index contributed by atoms with van der Waals surface area (Å²) in [6.07, 6.45) is 4.87. The Morgan fingerprint density at radius 1 is 1.19 bits per heavy atom. The van der Waals surface area contributed by atoms with Gasteiger partial charge in [-0.05, 0) is 44.2 Å². The summed E-state index contributed by atoms with van der Waals surface area (Å²) in [4.78, 5) is 25.5. The Balaban J connectivity index is 1.50. The number of thioether (sulfide) groups is 1. The van der Waals surface area contributed by atoms with Gasteiger partial charge in [0.05, 0.1) is 17.4 Å². The van der Waals surface area contributed by atoms with Crippen molar-refractivity contribution in [1.29, 1.82) is 0 Å². The topological polar surface area (TPSA) is 72.7 Å². The van der Waals surface area contributed by atoms with Crippen LogP contribution in [0.4, 0.5) is 0 Å². The van der Waals surface area contributed by atoms with Crippen molar-refractivity contribution in [2.24, 2.45) is 0 Å². The number of hydrogen-bond donors (Lipinski definition) is 1. The molecule has 3 rings (SSSR count). The number of para-hydroxylation sites is 2. The molecule has 7 heteroatoms. The summed E-state index contributed by atoms with van der Waals surface area (Å²) < 4.78 is 2.05. The lowest BCUT2D eigenvalue weighted by Gasteiger charge is -2.10. The smallest absolute Gasteiger partial charge is 0.220 e. The standard InChI is InChI=1S/C19H23N5OS/c1-13-15(14(2)23-19(22-13)26-3)8-9-18(25)20-10-11-24-12-21-16-6-4-5-7-17(16)24/h4-7,12H,8-11H2,1-3H3,(H,20,25). The van der Waals surface area contributed by atoms with Gasteiger partial charge in [0.1, 0.15) is 0 Å². The van der Waals surface area contributed by atoms with Crippen LogP contribution >= 0.6 is 11.8 Å². The van der Waals surface area contributed by atoms with Crippen molar-refractivity contribution in [3.63, 3.8) is 0 Å². The Morgan fingerprint density at radius 3 is 2.65 bits per heavy atom. The largest absolute Gasteiger partial charge is 0.354 e. The molecular weight excluding hydrogens is 346 g/mol. The molecule has 2 heterocycles. The molecule has 0 saturated carbocycles. The van der Waals surface area contributed by atoms with Gasteiger partial charge in [0.15, 0.2) is 5.16 Å². The van der Waals surface area contributed by atoms with Crippen LogP contribution < -0.4 is 5.32 Å². The molecule has 0 spiro atoms. The van der Waals surface area contributed by atoms with E-state index in [0.717, 1.165) is 33.1 Å². The third-order valence-electron chi connectivity index (χ3n) is 4.39. The predicted molar refractivity (Wildman–Crippen MR) is 104 cm³/mol. The maximum Gasteiger partial charge on any atom is 0.220 e. The van der Waals surface area contributed by atoms with Crippen LogP contribution in [0, 0.1) is 13.8 Å². The quantitative estimate of drug-likeness (QED) is 0.512. The average Bonchev–Trinajstić information content (AvgIpc) is 3.04. The van der Waals surface area contributed by atoms with Crippen LogP contribution in [0.1, 0.15) is 23.4 Å². The van der Waals surface area contributed by atoms with Crippen LogP contribution in [-0.4, -0.2) is 38.2 Å². The second kappa shape index (κ2) is 8.31. The maximum atomic E-state index is 12.2. The minimum absolute atomic E-state index is 0.0437. The molecule has 0 unspecified atom stereocenters. The van der Waals surface area contributed by atoms with Crippen molar-refractivity contribution in [1.82, 2.24) is 24.8 Å². The van der Waals surface area contributed by atoms with E-state index in [1.54, 1.807) is 0 Å². The normalized spacial score (nSPS) is 11.0. The Bertz CT molecular complexity index is 898. The second-order valence-corrected chi connectivity index (χ2v) is 6.91. The number of fused-ring (bicyclic) bond motifs is 1. The van der Waals surface area contributed by atoms with Gasteiger partial charge < -0.3 is 9.88 Å². The molecule has 0 aliphatic heterocycles. The monoisotopic (exact) mass is 369 g/mol. The van der Waals surface area contributed by atoms with Gasteiger partial charge in [-0.1, -0.05) is 23.9 Å². The molecule has 0 bridgehead atoms. The summed E-state index contributed by atoms with van der Waals surface area (Å²) in [5, 5.41) is 3.76. The first-order chi connectivity index (χ1) is 12.6. The van der Waals surface area contributed by atoms with Crippen molar-refractivity contribution in [2.45, 2.75) is 38.4 Å². The molecule has 1 N–H and O–H groups in total. The van der Waals surface area contributed by atoms with Crippen LogP contribution in [0.25, 0.3) is 11.0 Å². The van der Waals surface area contributed by atoms with Crippen molar-refractivity contribution >= 4 is 28.7 Å². The fourth-order valence-corrected chi connectivity index (χ4v) is 3.45. The molecule has 0 fully saturated rings. The number of nitrogens with one attached hydrogen (secondary N) is 1. The van der Waals surface area contributed by atoms with Gasteiger partial charge in [0, 0.05) is 30.9 Å². The zero-order valence-corrected chi connectivity index (χ0v) is 16.1.